The summed E-state index contributed by atoms with van der Waals surface area (Å²) >= 11 is 0. The number of hydrogen-bond acceptors (Lipinski definition) is 1. The number of nitrogens with two attached hydrogens (primary N) is 1. The van der Waals surface area contributed by atoms with Crippen LogP contribution in [0.15, 0.2) is 0 Å². The van der Waals surface area contributed by atoms with E-state index in [4.69, 9.17) is 5.73 Å². The number of hydrogen-bond donors (Lipinski definition) is 1. The summed E-state index contributed by atoms with van der Waals surface area (Å²) in [5.41, 5.74) is 6.57. The van der Waals surface area contributed by atoms with E-state index >= 15 is 0 Å². The second-order valence-electron chi connectivity index (χ2n) is 5.27. The molecule has 0 bridgehead atoms. The summed E-state index contributed by atoms with van der Waals surface area (Å²) in [6, 6.07) is 0.451. The zero-order valence-electron chi connectivity index (χ0n) is 8.77. The van der Waals surface area contributed by atoms with E-state index in [1.165, 1.54) is 32.1 Å². The lowest BCUT2D eigenvalue weighted by Crippen LogP contribution is -2.37. The van der Waals surface area contributed by atoms with Crippen LogP contribution in [0.25, 0.3) is 0 Å². The van der Waals surface area contributed by atoms with Crippen molar-refractivity contribution in [2.45, 2.75) is 58.9 Å². The van der Waals surface area contributed by atoms with Gasteiger partial charge < -0.3 is 5.73 Å². The Bertz CT molecular complexity index is 134. The van der Waals surface area contributed by atoms with Gasteiger partial charge in [-0.3, -0.25) is 0 Å². The molecular weight excluding hydrogens is 146 g/mol. The third-order valence-corrected chi connectivity index (χ3v) is 3.18. The normalized spacial score (nSPS) is 33.0. The molecule has 2 N–H and O–H groups in total. The monoisotopic (exact) mass is 169 g/mol. The summed E-state index contributed by atoms with van der Waals surface area (Å²) in [7, 11) is 0. The molecule has 1 fully saturated rings. The lowest BCUT2D eigenvalue weighted by molar-refractivity contribution is 0.190. The van der Waals surface area contributed by atoms with Crippen molar-refractivity contribution in [3.05, 3.63) is 0 Å². The molecule has 0 radical (unpaired) electrons. The molecule has 0 saturated heterocycles. The van der Waals surface area contributed by atoms with Crippen LogP contribution in [-0.4, -0.2) is 6.04 Å². The molecule has 0 spiro atoms. The van der Waals surface area contributed by atoms with Gasteiger partial charge in [0.15, 0.2) is 0 Å². The Hall–Kier alpha value is -0.0400. The Labute approximate surface area is 76.7 Å². The van der Waals surface area contributed by atoms with E-state index in [0.717, 1.165) is 5.92 Å². The Kier molecular flexibility index (Phi) is 3.16. The van der Waals surface area contributed by atoms with Crippen molar-refractivity contribution in [3.63, 3.8) is 0 Å². The minimum Gasteiger partial charge on any atom is -0.327 e. The molecule has 1 aliphatic carbocycles. The first-order valence-electron chi connectivity index (χ1n) is 5.27. The van der Waals surface area contributed by atoms with Crippen LogP contribution in [0.5, 0.6) is 0 Å². The van der Waals surface area contributed by atoms with Crippen LogP contribution in [0.3, 0.4) is 0 Å². The van der Waals surface area contributed by atoms with Crippen molar-refractivity contribution in [2.75, 3.05) is 0 Å². The van der Waals surface area contributed by atoms with E-state index in [1.54, 1.807) is 0 Å². The van der Waals surface area contributed by atoms with Crippen LogP contribution < -0.4 is 5.73 Å². The maximum Gasteiger partial charge on any atom is 0.00721 e. The van der Waals surface area contributed by atoms with Crippen molar-refractivity contribution in [1.82, 2.24) is 0 Å². The highest BCUT2D eigenvalue weighted by Gasteiger charge is 2.30. The molecular formula is C11H23N. The van der Waals surface area contributed by atoms with E-state index in [-0.39, 0.29) is 0 Å². The first kappa shape index (κ1) is 10.0. The van der Waals surface area contributed by atoms with Crippen molar-refractivity contribution in [2.24, 2.45) is 17.1 Å². The zero-order chi connectivity index (χ0) is 9.19. The summed E-state index contributed by atoms with van der Waals surface area (Å²) in [6.45, 7) is 6.97. The first-order chi connectivity index (χ1) is 5.52. The lowest BCUT2D eigenvalue weighted by Gasteiger charge is -2.34. The fourth-order valence-electron chi connectivity index (χ4n) is 2.41. The molecule has 0 amide bonds. The van der Waals surface area contributed by atoms with Crippen molar-refractivity contribution < 1.29 is 0 Å². The van der Waals surface area contributed by atoms with Gasteiger partial charge in [-0.05, 0) is 24.2 Å². The fraction of sp³-hybridized carbons (Fsp3) is 1.00. The van der Waals surface area contributed by atoms with Crippen LogP contribution >= 0.6 is 0 Å². The van der Waals surface area contributed by atoms with Gasteiger partial charge in [0.25, 0.3) is 0 Å². The van der Waals surface area contributed by atoms with Gasteiger partial charge in [-0.1, -0.05) is 40.0 Å². The maximum atomic E-state index is 6.17. The molecule has 1 aliphatic rings. The van der Waals surface area contributed by atoms with Crippen molar-refractivity contribution >= 4 is 0 Å². The smallest absolute Gasteiger partial charge is 0.00721 e. The van der Waals surface area contributed by atoms with E-state index in [2.05, 4.69) is 20.8 Å². The maximum absolute atomic E-state index is 6.17. The average Bonchev–Trinajstić information content (AvgIpc) is 2.11. The predicted molar refractivity (Wildman–Crippen MR) is 54.0 cm³/mol. The van der Waals surface area contributed by atoms with Crippen LogP contribution in [0.2, 0.25) is 0 Å². The molecule has 0 aromatic heterocycles. The average molecular weight is 169 g/mol. The summed E-state index contributed by atoms with van der Waals surface area (Å²) in [5, 5.41) is 0. The Morgan fingerprint density at radius 1 is 1.00 bits per heavy atom. The fourth-order valence-corrected chi connectivity index (χ4v) is 2.41. The zero-order valence-corrected chi connectivity index (χ0v) is 8.77. The minimum absolute atomic E-state index is 0.407. The van der Waals surface area contributed by atoms with E-state index in [9.17, 15) is 0 Å². The van der Waals surface area contributed by atoms with Crippen molar-refractivity contribution in [3.8, 4) is 0 Å². The van der Waals surface area contributed by atoms with Gasteiger partial charge in [-0.25, -0.2) is 0 Å². The topological polar surface area (TPSA) is 26.0 Å². The summed E-state index contributed by atoms with van der Waals surface area (Å²) in [5.74, 6) is 0.736. The highest BCUT2D eigenvalue weighted by Crippen LogP contribution is 2.35. The Balaban J connectivity index is 2.59. The minimum atomic E-state index is 0.407. The van der Waals surface area contributed by atoms with E-state index in [1.807, 2.05) is 0 Å². The van der Waals surface area contributed by atoms with Crippen LogP contribution in [0, 0.1) is 11.3 Å². The molecule has 0 aromatic carbocycles. The quantitative estimate of drug-likeness (QED) is 0.554. The highest BCUT2D eigenvalue weighted by molar-refractivity contribution is 4.84. The second-order valence-corrected chi connectivity index (χ2v) is 5.27. The van der Waals surface area contributed by atoms with Crippen LogP contribution in [0.4, 0.5) is 0 Å². The molecule has 0 aromatic rings. The standard InChI is InChI=1S/C11H23N/c1-11(2,3)9-7-5-4-6-8-10(9)12/h9-10H,4-8,12H2,1-3H3. The summed E-state index contributed by atoms with van der Waals surface area (Å²) in [6.07, 6.45) is 6.69. The van der Waals surface area contributed by atoms with E-state index in [0.29, 0.717) is 11.5 Å². The van der Waals surface area contributed by atoms with Gasteiger partial charge >= 0.3 is 0 Å². The Morgan fingerprint density at radius 2 is 1.58 bits per heavy atom. The van der Waals surface area contributed by atoms with Gasteiger partial charge in [0.05, 0.1) is 0 Å². The van der Waals surface area contributed by atoms with Crippen LogP contribution in [0.1, 0.15) is 52.9 Å². The predicted octanol–water partition coefficient (Wildman–Crippen LogP) is 2.94. The number of rotatable bonds is 0. The van der Waals surface area contributed by atoms with Gasteiger partial charge in [0.1, 0.15) is 0 Å². The SMILES string of the molecule is CC(C)(C)C1CCCCCC1N. The molecule has 1 rings (SSSR count). The molecule has 0 aliphatic heterocycles. The first-order valence-corrected chi connectivity index (χ1v) is 5.27. The lowest BCUT2D eigenvalue weighted by atomic mass is 9.74. The largest absolute Gasteiger partial charge is 0.327 e. The van der Waals surface area contributed by atoms with Gasteiger partial charge in [0.2, 0.25) is 0 Å². The molecule has 72 valence electrons. The molecule has 2 unspecified atom stereocenters. The van der Waals surface area contributed by atoms with Gasteiger partial charge in [-0.2, -0.15) is 0 Å². The molecule has 0 heterocycles. The molecule has 2 atom stereocenters. The third-order valence-electron chi connectivity index (χ3n) is 3.18. The van der Waals surface area contributed by atoms with Crippen molar-refractivity contribution in [1.29, 1.82) is 0 Å². The third kappa shape index (κ3) is 2.48. The van der Waals surface area contributed by atoms with E-state index < -0.39 is 0 Å². The summed E-state index contributed by atoms with van der Waals surface area (Å²) < 4.78 is 0. The molecule has 1 heteroatoms. The van der Waals surface area contributed by atoms with Crippen LogP contribution in [-0.2, 0) is 0 Å². The Morgan fingerprint density at radius 3 is 2.17 bits per heavy atom. The molecule has 1 saturated carbocycles. The summed E-state index contributed by atoms with van der Waals surface area (Å²) in [4.78, 5) is 0. The van der Waals surface area contributed by atoms with Gasteiger partial charge in [0, 0.05) is 6.04 Å². The highest BCUT2D eigenvalue weighted by atomic mass is 14.7. The second kappa shape index (κ2) is 3.78. The molecule has 12 heavy (non-hydrogen) atoms. The molecule has 1 nitrogen and oxygen atoms in total. The van der Waals surface area contributed by atoms with Gasteiger partial charge in [-0.15, -0.1) is 0 Å².